The SMILES string of the molecule is CCCCNC(=O)OCC12COC(CCC)C(C(C)=CC1C)C2C. The summed E-state index contributed by atoms with van der Waals surface area (Å²) in [5.41, 5.74) is 1.34. The molecule has 0 radical (unpaired) electrons. The van der Waals surface area contributed by atoms with Gasteiger partial charge < -0.3 is 14.8 Å². The Labute approximate surface area is 147 Å². The minimum atomic E-state index is -0.296. The van der Waals surface area contributed by atoms with Crippen LogP contribution in [-0.2, 0) is 9.47 Å². The van der Waals surface area contributed by atoms with E-state index >= 15 is 0 Å². The van der Waals surface area contributed by atoms with Gasteiger partial charge in [0.2, 0.25) is 0 Å². The molecule has 138 valence electrons. The maximum atomic E-state index is 12.0. The molecule has 5 atom stereocenters. The number of nitrogens with one attached hydrogen (secondary N) is 1. The first-order chi connectivity index (χ1) is 11.5. The molecule has 1 amide bonds. The number of hydrogen-bond donors (Lipinski definition) is 1. The fraction of sp³-hybridized carbons (Fsp3) is 0.850. The lowest BCUT2D eigenvalue weighted by atomic mass is 9.56. The van der Waals surface area contributed by atoms with Gasteiger partial charge in [-0.2, -0.15) is 0 Å². The van der Waals surface area contributed by atoms with Crippen LogP contribution in [0.4, 0.5) is 4.79 Å². The molecule has 0 saturated carbocycles. The van der Waals surface area contributed by atoms with Gasteiger partial charge in [-0.15, -0.1) is 0 Å². The van der Waals surface area contributed by atoms with Crippen molar-refractivity contribution in [3.05, 3.63) is 11.6 Å². The molecule has 24 heavy (non-hydrogen) atoms. The van der Waals surface area contributed by atoms with E-state index in [9.17, 15) is 4.79 Å². The number of ether oxygens (including phenoxy) is 2. The van der Waals surface area contributed by atoms with Gasteiger partial charge in [-0.3, -0.25) is 0 Å². The van der Waals surface area contributed by atoms with Crippen LogP contribution in [0, 0.1) is 23.2 Å². The van der Waals surface area contributed by atoms with Crippen LogP contribution in [0.3, 0.4) is 0 Å². The fourth-order valence-corrected chi connectivity index (χ4v) is 4.55. The molecule has 4 heteroatoms. The van der Waals surface area contributed by atoms with Gasteiger partial charge >= 0.3 is 6.09 Å². The zero-order valence-corrected chi connectivity index (χ0v) is 16.1. The third kappa shape index (κ3) is 3.79. The molecule has 0 spiro atoms. The molecule has 1 saturated heterocycles. The van der Waals surface area contributed by atoms with Crippen molar-refractivity contribution in [2.75, 3.05) is 19.8 Å². The maximum Gasteiger partial charge on any atom is 0.407 e. The molecule has 1 aliphatic carbocycles. The molecule has 1 fully saturated rings. The minimum absolute atomic E-state index is 0.101. The lowest BCUT2D eigenvalue weighted by Crippen LogP contribution is -2.57. The van der Waals surface area contributed by atoms with E-state index in [4.69, 9.17) is 9.47 Å². The number of carbonyl (C=O) groups is 1. The minimum Gasteiger partial charge on any atom is -0.449 e. The summed E-state index contributed by atoms with van der Waals surface area (Å²) in [5.74, 6) is 1.27. The molecule has 5 unspecified atom stereocenters. The number of hydrogen-bond acceptors (Lipinski definition) is 3. The van der Waals surface area contributed by atoms with Gasteiger partial charge in [0.25, 0.3) is 0 Å². The van der Waals surface area contributed by atoms with Gasteiger partial charge in [0.1, 0.15) is 6.61 Å². The highest BCUT2D eigenvalue weighted by molar-refractivity contribution is 5.67. The first-order valence-corrected chi connectivity index (χ1v) is 9.66. The number of fused-ring (bicyclic) bond motifs is 2. The predicted octanol–water partition coefficient (Wildman–Crippen LogP) is 4.55. The summed E-state index contributed by atoms with van der Waals surface area (Å²) in [7, 11) is 0. The van der Waals surface area contributed by atoms with Crippen molar-refractivity contribution in [3.8, 4) is 0 Å². The third-order valence-corrected chi connectivity index (χ3v) is 6.20. The molecule has 1 heterocycles. The number of allylic oxidation sites excluding steroid dienone is 1. The van der Waals surface area contributed by atoms with Crippen molar-refractivity contribution in [1.29, 1.82) is 0 Å². The van der Waals surface area contributed by atoms with E-state index in [1.54, 1.807) is 0 Å². The van der Waals surface area contributed by atoms with Crippen molar-refractivity contribution in [3.63, 3.8) is 0 Å². The van der Waals surface area contributed by atoms with Crippen molar-refractivity contribution in [1.82, 2.24) is 5.32 Å². The Morgan fingerprint density at radius 1 is 1.38 bits per heavy atom. The third-order valence-electron chi connectivity index (χ3n) is 6.20. The van der Waals surface area contributed by atoms with Crippen molar-refractivity contribution in [2.24, 2.45) is 23.2 Å². The zero-order chi connectivity index (χ0) is 17.7. The van der Waals surface area contributed by atoms with E-state index in [2.05, 4.69) is 46.0 Å². The highest BCUT2D eigenvalue weighted by Crippen LogP contribution is 2.53. The lowest BCUT2D eigenvalue weighted by molar-refractivity contribution is -0.164. The Morgan fingerprint density at radius 3 is 2.79 bits per heavy atom. The second-order valence-corrected chi connectivity index (χ2v) is 7.74. The van der Waals surface area contributed by atoms with Crippen molar-refractivity contribution < 1.29 is 14.3 Å². The van der Waals surface area contributed by atoms with Crippen LogP contribution in [-0.4, -0.2) is 32.0 Å². The monoisotopic (exact) mass is 337 g/mol. The van der Waals surface area contributed by atoms with Gasteiger partial charge in [-0.05, 0) is 31.6 Å². The summed E-state index contributed by atoms with van der Waals surface area (Å²) >= 11 is 0. The smallest absolute Gasteiger partial charge is 0.407 e. The first kappa shape index (κ1) is 19.3. The Bertz CT molecular complexity index is 462. The molecule has 4 nitrogen and oxygen atoms in total. The second-order valence-electron chi connectivity index (χ2n) is 7.74. The van der Waals surface area contributed by atoms with Gasteiger partial charge in [0.15, 0.2) is 0 Å². The van der Waals surface area contributed by atoms with E-state index in [-0.39, 0.29) is 11.5 Å². The van der Waals surface area contributed by atoms with Gasteiger partial charge in [-0.1, -0.05) is 52.2 Å². The molecule has 1 aliphatic heterocycles. The summed E-state index contributed by atoms with van der Waals surface area (Å²) in [5, 5.41) is 2.84. The van der Waals surface area contributed by atoms with Crippen molar-refractivity contribution in [2.45, 2.75) is 66.4 Å². The quantitative estimate of drug-likeness (QED) is 0.548. The molecule has 0 aromatic carbocycles. The molecular formula is C20H35NO3. The van der Waals surface area contributed by atoms with Crippen LogP contribution in [0.1, 0.15) is 60.3 Å². The standard InChI is InChI=1S/C20H35NO3/c1-6-8-10-21-19(22)24-13-20-12-23-17(9-7-2)18(16(20)5)14(3)11-15(20)4/h11,15-18H,6-10,12-13H2,1-5H3,(H,21,22). The summed E-state index contributed by atoms with van der Waals surface area (Å²) in [4.78, 5) is 12.0. The van der Waals surface area contributed by atoms with Gasteiger partial charge in [-0.25, -0.2) is 4.79 Å². The summed E-state index contributed by atoms with van der Waals surface area (Å²) in [6.07, 6.45) is 6.68. The number of carbonyl (C=O) groups excluding carboxylic acids is 1. The Balaban J connectivity index is 2.06. The fourth-order valence-electron chi connectivity index (χ4n) is 4.55. The number of amides is 1. The average Bonchev–Trinajstić information content (AvgIpc) is 2.53. The highest BCUT2D eigenvalue weighted by Gasteiger charge is 2.53. The molecular weight excluding hydrogens is 302 g/mol. The molecule has 2 rings (SSSR count). The summed E-state index contributed by atoms with van der Waals surface area (Å²) < 4.78 is 11.9. The number of alkyl carbamates (subject to hydrolysis) is 1. The summed E-state index contributed by atoms with van der Waals surface area (Å²) in [6, 6.07) is 0. The Hall–Kier alpha value is -1.03. The molecule has 2 bridgehead atoms. The van der Waals surface area contributed by atoms with Crippen LogP contribution >= 0.6 is 0 Å². The van der Waals surface area contributed by atoms with Crippen LogP contribution in [0.15, 0.2) is 11.6 Å². The lowest BCUT2D eigenvalue weighted by Gasteiger charge is -2.55. The van der Waals surface area contributed by atoms with Crippen molar-refractivity contribution >= 4 is 6.09 Å². The highest BCUT2D eigenvalue weighted by atomic mass is 16.6. The van der Waals surface area contributed by atoms with Gasteiger partial charge in [0.05, 0.1) is 12.7 Å². The molecule has 2 aliphatic rings. The topological polar surface area (TPSA) is 47.6 Å². The zero-order valence-electron chi connectivity index (χ0n) is 16.1. The van der Waals surface area contributed by atoms with E-state index in [0.29, 0.717) is 43.6 Å². The molecule has 0 aromatic heterocycles. The van der Waals surface area contributed by atoms with E-state index < -0.39 is 0 Å². The summed E-state index contributed by atoms with van der Waals surface area (Å²) in [6.45, 7) is 12.9. The maximum absolute atomic E-state index is 12.0. The van der Waals surface area contributed by atoms with Crippen LogP contribution in [0.2, 0.25) is 0 Å². The van der Waals surface area contributed by atoms with E-state index in [0.717, 1.165) is 25.7 Å². The Kier molecular flexibility index (Phi) is 6.73. The van der Waals surface area contributed by atoms with Crippen LogP contribution in [0.25, 0.3) is 0 Å². The molecule has 1 N–H and O–H groups in total. The average molecular weight is 338 g/mol. The van der Waals surface area contributed by atoms with E-state index in [1.165, 1.54) is 5.57 Å². The largest absolute Gasteiger partial charge is 0.449 e. The van der Waals surface area contributed by atoms with Crippen LogP contribution in [0.5, 0.6) is 0 Å². The second kappa shape index (κ2) is 8.37. The van der Waals surface area contributed by atoms with Crippen LogP contribution < -0.4 is 5.32 Å². The van der Waals surface area contributed by atoms with Gasteiger partial charge in [0, 0.05) is 17.9 Å². The number of rotatable bonds is 7. The normalized spacial score (nSPS) is 35.3. The number of unbranched alkanes of at least 4 members (excludes halogenated alkanes) is 1. The molecule has 0 aromatic rings. The first-order valence-electron chi connectivity index (χ1n) is 9.66. The Morgan fingerprint density at radius 2 is 2.12 bits per heavy atom. The predicted molar refractivity (Wildman–Crippen MR) is 96.9 cm³/mol. The van der Waals surface area contributed by atoms with E-state index in [1.807, 2.05) is 0 Å².